The SMILES string of the molecule is OC1C(=Cc2ccccc2)CC2CC1CC(=Cc1ccccc1)C2O. The van der Waals surface area contributed by atoms with Gasteiger partial charge in [-0.25, -0.2) is 0 Å². The van der Waals surface area contributed by atoms with Crippen LogP contribution in [0, 0.1) is 11.8 Å². The van der Waals surface area contributed by atoms with Crippen LogP contribution in [0.5, 0.6) is 0 Å². The van der Waals surface area contributed by atoms with Gasteiger partial charge >= 0.3 is 0 Å². The second kappa shape index (κ2) is 6.99. The van der Waals surface area contributed by atoms with Crippen molar-refractivity contribution < 1.29 is 10.2 Å². The Balaban J connectivity index is 1.60. The summed E-state index contributed by atoms with van der Waals surface area (Å²) in [5, 5.41) is 21.7. The van der Waals surface area contributed by atoms with Crippen LogP contribution >= 0.6 is 0 Å². The molecule has 0 amide bonds. The first kappa shape index (κ1) is 16.3. The highest BCUT2D eigenvalue weighted by Crippen LogP contribution is 2.45. The molecule has 2 N–H and O–H groups in total. The number of fused-ring (bicyclic) bond motifs is 2. The van der Waals surface area contributed by atoms with E-state index < -0.39 is 12.2 Å². The van der Waals surface area contributed by atoms with Crippen molar-refractivity contribution in [2.75, 3.05) is 0 Å². The largest absolute Gasteiger partial charge is 0.388 e. The number of rotatable bonds is 2. The molecule has 2 saturated carbocycles. The van der Waals surface area contributed by atoms with E-state index in [-0.39, 0.29) is 11.8 Å². The van der Waals surface area contributed by atoms with Crippen molar-refractivity contribution in [3.05, 3.63) is 82.9 Å². The first-order chi connectivity index (χ1) is 12.2. The van der Waals surface area contributed by atoms with Crippen LogP contribution in [-0.4, -0.2) is 22.4 Å². The van der Waals surface area contributed by atoms with Gasteiger partial charge in [0.15, 0.2) is 0 Å². The van der Waals surface area contributed by atoms with Crippen LogP contribution in [0.15, 0.2) is 71.8 Å². The third-order valence-corrected chi connectivity index (χ3v) is 5.56. The smallest absolute Gasteiger partial charge is 0.0784 e. The zero-order valence-corrected chi connectivity index (χ0v) is 14.3. The lowest BCUT2D eigenvalue weighted by atomic mass is 9.65. The van der Waals surface area contributed by atoms with Crippen molar-refractivity contribution in [1.82, 2.24) is 0 Å². The third kappa shape index (κ3) is 3.46. The summed E-state index contributed by atoms with van der Waals surface area (Å²) in [4.78, 5) is 0. The molecule has 0 aromatic heterocycles. The lowest BCUT2D eigenvalue weighted by molar-refractivity contribution is 0.0229. The monoisotopic (exact) mass is 332 g/mol. The summed E-state index contributed by atoms with van der Waals surface area (Å²) in [6.45, 7) is 0. The predicted molar refractivity (Wildman–Crippen MR) is 102 cm³/mol. The quantitative estimate of drug-likeness (QED) is 0.860. The normalized spacial score (nSPS) is 32.1. The minimum atomic E-state index is -0.414. The molecule has 25 heavy (non-hydrogen) atoms. The highest BCUT2D eigenvalue weighted by Gasteiger charge is 2.41. The van der Waals surface area contributed by atoms with E-state index >= 15 is 0 Å². The standard InChI is InChI=1S/C23H24O2/c24-22-18(11-16-7-3-1-4-8-16)13-20-15-21(22)14-19(23(20)25)12-17-9-5-2-6-10-17/h1-12,20-25H,13-15H2. The molecule has 2 heteroatoms. The molecule has 2 bridgehead atoms. The summed E-state index contributed by atoms with van der Waals surface area (Å²) < 4.78 is 0. The predicted octanol–water partition coefficient (Wildman–Crippen LogP) is 4.31. The minimum absolute atomic E-state index is 0.201. The Bertz CT molecular complexity index is 709. The third-order valence-electron chi connectivity index (χ3n) is 5.56. The number of hydrogen-bond acceptors (Lipinski definition) is 2. The van der Waals surface area contributed by atoms with Crippen LogP contribution in [0.3, 0.4) is 0 Å². The van der Waals surface area contributed by atoms with Crippen LogP contribution in [0.1, 0.15) is 30.4 Å². The molecule has 2 aromatic rings. The molecular weight excluding hydrogens is 308 g/mol. The van der Waals surface area contributed by atoms with Crippen molar-refractivity contribution in [2.24, 2.45) is 11.8 Å². The summed E-state index contributed by atoms with van der Waals surface area (Å²) in [5.74, 6) is 0.402. The van der Waals surface area contributed by atoms with E-state index in [2.05, 4.69) is 36.4 Å². The van der Waals surface area contributed by atoms with E-state index in [1.807, 2.05) is 36.4 Å². The number of aliphatic hydroxyl groups excluding tert-OH is 2. The van der Waals surface area contributed by atoms with Gasteiger partial charge in [-0.3, -0.25) is 0 Å². The van der Waals surface area contributed by atoms with E-state index in [1.54, 1.807) is 0 Å². The van der Waals surface area contributed by atoms with Crippen LogP contribution in [0.2, 0.25) is 0 Å². The van der Waals surface area contributed by atoms with Gasteiger partial charge in [0.2, 0.25) is 0 Å². The summed E-state index contributed by atoms with van der Waals surface area (Å²) in [6, 6.07) is 20.3. The lowest BCUT2D eigenvalue weighted by Gasteiger charge is -2.43. The maximum atomic E-state index is 10.8. The second-order valence-corrected chi connectivity index (χ2v) is 7.31. The van der Waals surface area contributed by atoms with Crippen molar-refractivity contribution >= 4 is 12.2 Å². The van der Waals surface area contributed by atoms with Gasteiger partial charge in [0.05, 0.1) is 12.2 Å². The van der Waals surface area contributed by atoms with E-state index in [4.69, 9.17) is 0 Å². The van der Waals surface area contributed by atoms with Crippen molar-refractivity contribution in [1.29, 1.82) is 0 Å². The van der Waals surface area contributed by atoms with Crippen molar-refractivity contribution in [2.45, 2.75) is 31.5 Å². The molecule has 0 aliphatic heterocycles. The zero-order valence-electron chi connectivity index (χ0n) is 14.3. The average molecular weight is 332 g/mol. The highest BCUT2D eigenvalue weighted by atomic mass is 16.3. The van der Waals surface area contributed by atoms with Gasteiger partial charge in [-0.05, 0) is 53.4 Å². The Morgan fingerprint density at radius 1 is 0.640 bits per heavy atom. The first-order valence-corrected chi connectivity index (χ1v) is 9.08. The van der Waals surface area contributed by atoms with Gasteiger partial charge in [-0.15, -0.1) is 0 Å². The molecule has 0 spiro atoms. The van der Waals surface area contributed by atoms with Crippen LogP contribution in [0.25, 0.3) is 12.2 Å². The molecule has 2 nitrogen and oxygen atoms in total. The Labute approximate surface area is 149 Å². The minimum Gasteiger partial charge on any atom is -0.388 e. The van der Waals surface area contributed by atoms with Crippen LogP contribution in [0.4, 0.5) is 0 Å². The molecule has 2 fully saturated rings. The topological polar surface area (TPSA) is 40.5 Å². The van der Waals surface area contributed by atoms with Gasteiger partial charge in [-0.2, -0.15) is 0 Å². The Morgan fingerprint density at radius 3 is 1.44 bits per heavy atom. The number of aliphatic hydroxyl groups is 2. The van der Waals surface area contributed by atoms with Crippen molar-refractivity contribution in [3.63, 3.8) is 0 Å². The maximum absolute atomic E-state index is 10.8. The fraction of sp³-hybridized carbons (Fsp3) is 0.304. The molecule has 0 radical (unpaired) electrons. The molecule has 0 saturated heterocycles. The summed E-state index contributed by atoms with van der Waals surface area (Å²) in [7, 11) is 0. The fourth-order valence-electron chi connectivity index (χ4n) is 4.30. The number of hydrogen-bond donors (Lipinski definition) is 2. The molecule has 4 atom stereocenters. The summed E-state index contributed by atoms with van der Waals surface area (Å²) >= 11 is 0. The van der Waals surface area contributed by atoms with Gasteiger partial charge in [0.25, 0.3) is 0 Å². The molecule has 0 heterocycles. The molecule has 2 aliphatic rings. The molecule has 4 rings (SSSR count). The van der Waals surface area contributed by atoms with Gasteiger partial charge in [0.1, 0.15) is 0 Å². The second-order valence-electron chi connectivity index (χ2n) is 7.31. The molecule has 2 aliphatic carbocycles. The molecule has 2 aromatic carbocycles. The van der Waals surface area contributed by atoms with Crippen molar-refractivity contribution in [3.8, 4) is 0 Å². The Kier molecular flexibility index (Phi) is 4.56. The Hall–Kier alpha value is -2.16. The zero-order chi connectivity index (χ0) is 17.2. The van der Waals surface area contributed by atoms with E-state index in [9.17, 15) is 10.2 Å². The lowest BCUT2D eigenvalue weighted by Crippen LogP contribution is -2.42. The van der Waals surface area contributed by atoms with Gasteiger partial charge in [-0.1, -0.05) is 72.8 Å². The van der Waals surface area contributed by atoms with Gasteiger partial charge in [0, 0.05) is 0 Å². The van der Waals surface area contributed by atoms with E-state index in [0.717, 1.165) is 41.5 Å². The maximum Gasteiger partial charge on any atom is 0.0784 e. The first-order valence-electron chi connectivity index (χ1n) is 9.08. The highest BCUT2D eigenvalue weighted by molar-refractivity contribution is 5.57. The van der Waals surface area contributed by atoms with Crippen LogP contribution < -0.4 is 0 Å². The summed E-state index contributed by atoms with van der Waals surface area (Å²) in [6.07, 6.45) is 5.80. The van der Waals surface area contributed by atoms with Gasteiger partial charge < -0.3 is 10.2 Å². The molecular formula is C23H24O2. The molecule has 128 valence electrons. The summed E-state index contributed by atoms with van der Waals surface area (Å²) in [5.41, 5.74) is 4.35. The fourth-order valence-corrected chi connectivity index (χ4v) is 4.30. The number of benzene rings is 2. The average Bonchev–Trinajstić information content (AvgIpc) is 2.65. The van der Waals surface area contributed by atoms with Crippen LogP contribution in [-0.2, 0) is 0 Å². The molecule has 4 unspecified atom stereocenters. The van der Waals surface area contributed by atoms with E-state index in [1.165, 1.54) is 0 Å². The Morgan fingerprint density at radius 2 is 1.04 bits per heavy atom. The van der Waals surface area contributed by atoms with E-state index in [0.29, 0.717) is 0 Å².